The predicted molar refractivity (Wildman–Crippen MR) is 126 cm³/mol. The zero-order valence-corrected chi connectivity index (χ0v) is 19.2. The lowest BCUT2D eigenvalue weighted by molar-refractivity contribution is -0.136. The molecule has 0 unspecified atom stereocenters. The Bertz CT molecular complexity index is 1240. The molecule has 0 fully saturated rings. The molecule has 174 valence electrons. The van der Waals surface area contributed by atoms with Gasteiger partial charge in [-0.15, -0.1) is 0 Å². The van der Waals surface area contributed by atoms with E-state index < -0.39 is 5.97 Å². The Balaban J connectivity index is 1.63. The van der Waals surface area contributed by atoms with Gasteiger partial charge in [0, 0.05) is 5.70 Å². The number of carbonyl (C=O) groups excluding carboxylic acids is 2. The maximum Gasteiger partial charge on any atom is 0.340 e. The van der Waals surface area contributed by atoms with Crippen LogP contribution in [0, 0.1) is 0 Å². The Hall–Kier alpha value is -4.26. The van der Waals surface area contributed by atoms with E-state index in [0.717, 1.165) is 5.56 Å². The van der Waals surface area contributed by atoms with Crippen molar-refractivity contribution in [2.24, 2.45) is 0 Å². The van der Waals surface area contributed by atoms with Crippen molar-refractivity contribution >= 4 is 18.0 Å². The van der Waals surface area contributed by atoms with E-state index in [4.69, 9.17) is 18.6 Å². The largest absolute Gasteiger partial charge is 0.493 e. The third-order valence-corrected chi connectivity index (χ3v) is 5.53. The fourth-order valence-electron chi connectivity index (χ4n) is 3.77. The summed E-state index contributed by atoms with van der Waals surface area (Å²) in [5.41, 5.74) is 2.70. The molecular weight excluding hydrogens is 434 g/mol. The lowest BCUT2D eigenvalue weighted by Crippen LogP contribution is -2.24. The molecule has 2 heterocycles. The van der Waals surface area contributed by atoms with Crippen molar-refractivity contribution in [1.82, 2.24) is 4.90 Å². The summed E-state index contributed by atoms with van der Waals surface area (Å²) in [6.45, 7) is 2.33. The van der Waals surface area contributed by atoms with Gasteiger partial charge in [0.15, 0.2) is 11.5 Å². The molecule has 0 aliphatic carbocycles. The van der Waals surface area contributed by atoms with Gasteiger partial charge in [-0.3, -0.25) is 4.79 Å². The smallest absolute Gasteiger partial charge is 0.340 e. The number of benzene rings is 2. The maximum atomic E-state index is 13.3. The van der Waals surface area contributed by atoms with Gasteiger partial charge in [-0.25, -0.2) is 4.79 Å². The van der Waals surface area contributed by atoms with Crippen LogP contribution in [-0.4, -0.2) is 31.0 Å². The zero-order valence-electron chi connectivity index (χ0n) is 19.2. The van der Waals surface area contributed by atoms with Crippen LogP contribution in [0.4, 0.5) is 0 Å². The second-order valence-corrected chi connectivity index (χ2v) is 7.67. The van der Waals surface area contributed by atoms with Crippen LogP contribution in [0.1, 0.15) is 23.8 Å². The van der Waals surface area contributed by atoms with Crippen LogP contribution in [0.15, 0.2) is 88.2 Å². The zero-order chi connectivity index (χ0) is 24.1. The molecule has 0 spiro atoms. The van der Waals surface area contributed by atoms with Crippen molar-refractivity contribution in [3.63, 3.8) is 0 Å². The number of rotatable bonds is 8. The van der Waals surface area contributed by atoms with Gasteiger partial charge in [0.05, 0.1) is 38.2 Å². The van der Waals surface area contributed by atoms with E-state index in [0.29, 0.717) is 35.1 Å². The van der Waals surface area contributed by atoms with Crippen molar-refractivity contribution < 1.29 is 28.2 Å². The van der Waals surface area contributed by atoms with Gasteiger partial charge in [-0.2, -0.15) is 0 Å². The highest BCUT2D eigenvalue weighted by atomic mass is 16.5. The normalized spacial score (nSPS) is 14.6. The van der Waals surface area contributed by atoms with Crippen LogP contribution in [0.5, 0.6) is 11.5 Å². The third kappa shape index (κ3) is 4.73. The monoisotopic (exact) mass is 459 g/mol. The summed E-state index contributed by atoms with van der Waals surface area (Å²) in [7, 11) is 2.85. The van der Waals surface area contributed by atoms with E-state index in [1.165, 1.54) is 12.0 Å². The Morgan fingerprint density at radius 2 is 1.82 bits per heavy atom. The van der Waals surface area contributed by atoms with Crippen LogP contribution < -0.4 is 9.47 Å². The molecule has 0 N–H and O–H groups in total. The molecule has 0 bridgehead atoms. The molecule has 7 heteroatoms. The summed E-state index contributed by atoms with van der Waals surface area (Å²) in [5.74, 6) is 0.820. The number of amides is 1. The number of ether oxygens (including phenoxy) is 3. The van der Waals surface area contributed by atoms with E-state index in [9.17, 15) is 9.59 Å². The number of hydrogen-bond donors (Lipinski definition) is 0. The minimum atomic E-state index is -0.575. The second kappa shape index (κ2) is 10.1. The molecule has 3 aromatic rings. The van der Waals surface area contributed by atoms with Crippen LogP contribution in [0.3, 0.4) is 0 Å². The van der Waals surface area contributed by atoms with E-state index in [1.807, 2.05) is 36.4 Å². The first-order valence-electron chi connectivity index (χ1n) is 10.7. The van der Waals surface area contributed by atoms with Crippen molar-refractivity contribution in [3.05, 3.63) is 101 Å². The fourth-order valence-corrected chi connectivity index (χ4v) is 3.77. The Kier molecular flexibility index (Phi) is 6.82. The first-order chi connectivity index (χ1) is 16.5. The number of furan rings is 1. The number of hydrogen-bond acceptors (Lipinski definition) is 6. The molecule has 1 aliphatic rings. The summed E-state index contributed by atoms with van der Waals surface area (Å²) in [6, 6.07) is 18.7. The number of methoxy groups -OCH3 is 2. The minimum Gasteiger partial charge on any atom is -0.493 e. The second-order valence-electron chi connectivity index (χ2n) is 7.67. The predicted octanol–water partition coefficient (Wildman–Crippen LogP) is 4.74. The quantitative estimate of drug-likeness (QED) is 0.358. The highest BCUT2D eigenvalue weighted by Gasteiger charge is 2.37. The molecule has 2 aromatic carbocycles. The molecule has 0 saturated heterocycles. The molecule has 0 radical (unpaired) electrons. The van der Waals surface area contributed by atoms with Crippen molar-refractivity contribution in [1.29, 1.82) is 0 Å². The molecule has 1 aromatic heterocycles. The van der Waals surface area contributed by atoms with Crippen molar-refractivity contribution in [3.8, 4) is 11.5 Å². The highest BCUT2D eigenvalue weighted by Crippen LogP contribution is 2.35. The van der Waals surface area contributed by atoms with Crippen LogP contribution >= 0.6 is 0 Å². The van der Waals surface area contributed by atoms with Crippen LogP contribution in [0.2, 0.25) is 0 Å². The number of esters is 1. The summed E-state index contributed by atoms with van der Waals surface area (Å²) in [5, 5.41) is 0. The number of allylic oxidation sites excluding steroid dienone is 1. The van der Waals surface area contributed by atoms with E-state index in [-0.39, 0.29) is 23.6 Å². The average Bonchev–Trinajstić information content (AvgIpc) is 3.46. The lowest BCUT2D eigenvalue weighted by atomic mass is 10.0. The molecule has 1 amide bonds. The van der Waals surface area contributed by atoms with Crippen LogP contribution in [0.25, 0.3) is 6.08 Å². The summed E-state index contributed by atoms with van der Waals surface area (Å²) >= 11 is 0. The molecule has 0 atom stereocenters. The summed E-state index contributed by atoms with van der Waals surface area (Å²) in [6.07, 6.45) is 3.20. The third-order valence-electron chi connectivity index (χ3n) is 5.53. The maximum absolute atomic E-state index is 13.3. The van der Waals surface area contributed by atoms with Gasteiger partial charge in [-0.1, -0.05) is 36.4 Å². The Labute approximate surface area is 197 Å². The van der Waals surface area contributed by atoms with E-state index in [2.05, 4.69) is 0 Å². The first kappa shape index (κ1) is 22.9. The summed E-state index contributed by atoms with van der Waals surface area (Å²) in [4.78, 5) is 27.3. The number of nitrogens with zero attached hydrogens (tertiary/aromatic N) is 1. The van der Waals surface area contributed by atoms with Gasteiger partial charge in [0.25, 0.3) is 5.91 Å². The van der Waals surface area contributed by atoms with Gasteiger partial charge in [0.1, 0.15) is 12.4 Å². The fraction of sp³-hybridized carbons (Fsp3) is 0.185. The van der Waals surface area contributed by atoms with E-state index in [1.54, 1.807) is 50.6 Å². The molecule has 1 aliphatic heterocycles. The number of carbonyl (C=O) groups is 2. The summed E-state index contributed by atoms with van der Waals surface area (Å²) < 4.78 is 21.8. The molecule has 0 saturated carbocycles. The van der Waals surface area contributed by atoms with E-state index >= 15 is 0 Å². The minimum absolute atomic E-state index is 0.213. The van der Waals surface area contributed by atoms with Crippen LogP contribution in [-0.2, 0) is 27.5 Å². The molecule has 34 heavy (non-hydrogen) atoms. The first-order valence-corrected chi connectivity index (χ1v) is 10.7. The lowest BCUT2D eigenvalue weighted by Gasteiger charge is -2.16. The van der Waals surface area contributed by atoms with Crippen molar-refractivity contribution in [2.45, 2.75) is 20.1 Å². The Morgan fingerprint density at radius 3 is 2.50 bits per heavy atom. The molecule has 7 nitrogen and oxygen atoms in total. The highest BCUT2D eigenvalue weighted by molar-refractivity contribution is 6.16. The molecular formula is C27H25NO6. The van der Waals surface area contributed by atoms with Gasteiger partial charge in [-0.05, 0) is 48.4 Å². The molecule has 4 rings (SSSR count). The standard InChI is InChI=1S/C27H25NO6/c1-18-25(27(30)32-3)22(26(29)28(18)16-21-10-7-13-33-21)14-20-11-12-23(24(15-20)31-2)34-17-19-8-5-4-6-9-19/h4-15H,16-17H2,1-3H3/b22-14+. The van der Waals surface area contributed by atoms with Gasteiger partial charge < -0.3 is 23.5 Å². The SMILES string of the molecule is COC(=O)C1=C(C)N(Cc2ccco2)C(=O)/C1=C/c1ccc(OCc2ccccc2)c(OC)c1. The van der Waals surface area contributed by atoms with Gasteiger partial charge in [0.2, 0.25) is 0 Å². The topological polar surface area (TPSA) is 78.2 Å². The Morgan fingerprint density at radius 1 is 1.03 bits per heavy atom. The average molecular weight is 459 g/mol. The van der Waals surface area contributed by atoms with Crippen molar-refractivity contribution in [2.75, 3.05) is 14.2 Å². The van der Waals surface area contributed by atoms with Gasteiger partial charge >= 0.3 is 5.97 Å².